The SMILES string of the molecule is COc1cccc(NC(=O)c2sccc2S(=O)(=O)N2CCN(c3cccc(C)c3)CC2)c1. The van der Waals surface area contributed by atoms with Gasteiger partial charge >= 0.3 is 0 Å². The summed E-state index contributed by atoms with van der Waals surface area (Å²) in [6.45, 7) is 3.96. The van der Waals surface area contributed by atoms with Crippen molar-refractivity contribution in [1.29, 1.82) is 0 Å². The number of carbonyl (C=O) groups excluding carboxylic acids is 1. The number of methoxy groups -OCH3 is 1. The van der Waals surface area contributed by atoms with Gasteiger partial charge < -0.3 is 15.0 Å². The lowest BCUT2D eigenvalue weighted by molar-refractivity contribution is 0.102. The van der Waals surface area contributed by atoms with Crippen LogP contribution < -0.4 is 15.0 Å². The Morgan fingerprint density at radius 1 is 1.03 bits per heavy atom. The van der Waals surface area contributed by atoms with Gasteiger partial charge in [-0.2, -0.15) is 4.31 Å². The van der Waals surface area contributed by atoms with Crippen LogP contribution in [0.3, 0.4) is 0 Å². The molecule has 3 aromatic rings. The zero-order valence-electron chi connectivity index (χ0n) is 17.9. The maximum atomic E-state index is 13.3. The molecule has 2 heterocycles. The number of hydrogen-bond donors (Lipinski definition) is 1. The van der Waals surface area contributed by atoms with E-state index in [4.69, 9.17) is 4.74 Å². The Morgan fingerprint density at radius 3 is 2.50 bits per heavy atom. The number of ether oxygens (including phenoxy) is 1. The molecule has 7 nitrogen and oxygen atoms in total. The van der Waals surface area contributed by atoms with Crippen LogP contribution in [0.15, 0.2) is 64.9 Å². The summed E-state index contributed by atoms with van der Waals surface area (Å²) in [7, 11) is -2.24. The summed E-state index contributed by atoms with van der Waals surface area (Å²) in [6.07, 6.45) is 0. The molecule has 1 aromatic heterocycles. The quantitative estimate of drug-likeness (QED) is 0.591. The number of nitrogens with one attached hydrogen (secondary N) is 1. The van der Waals surface area contributed by atoms with Crippen molar-refractivity contribution < 1.29 is 17.9 Å². The third-order valence-electron chi connectivity index (χ3n) is 5.39. The van der Waals surface area contributed by atoms with E-state index in [1.807, 2.05) is 25.1 Å². The molecule has 0 spiro atoms. The van der Waals surface area contributed by atoms with Gasteiger partial charge in [0.15, 0.2) is 0 Å². The zero-order valence-corrected chi connectivity index (χ0v) is 19.6. The van der Waals surface area contributed by atoms with E-state index in [0.717, 1.165) is 17.0 Å². The minimum Gasteiger partial charge on any atom is -0.497 e. The summed E-state index contributed by atoms with van der Waals surface area (Å²) < 4.78 is 33.3. The van der Waals surface area contributed by atoms with Crippen molar-refractivity contribution in [2.24, 2.45) is 0 Å². The molecule has 1 amide bonds. The number of amides is 1. The van der Waals surface area contributed by atoms with Gasteiger partial charge in [0.2, 0.25) is 10.0 Å². The second kappa shape index (κ2) is 9.32. The van der Waals surface area contributed by atoms with Gasteiger partial charge in [-0.05, 0) is 48.2 Å². The van der Waals surface area contributed by atoms with Crippen molar-refractivity contribution in [3.05, 3.63) is 70.4 Å². The Balaban J connectivity index is 1.48. The highest BCUT2D eigenvalue weighted by molar-refractivity contribution is 7.89. The molecule has 1 N–H and O–H groups in total. The number of hydrogen-bond acceptors (Lipinski definition) is 6. The van der Waals surface area contributed by atoms with Crippen molar-refractivity contribution in [2.75, 3.05) is 43.5 Å². The molecule has 32 heavy (non-hydrogen) atoms. The van der Waals surface area contributed by atoms with Crippen LogP contribution in [0.1, 0.15) is 15.2 Å². The highest BCUT2D eigenvalue weighted by Gasteiger charge is 2.32. The first-order valence-electron chi connectivity index (χ1n) is 10.2. The van der Waals surface area contributed by atoms with Crippen LogP contribution in [-0.4, -0.2) is 51.9 Å². The zero-order chi connectivity index (χ0) is 22.7. The van der Waals surface area contributed by atoms with Crippen molar-refractivity contribution in [1.82, 2.24) is 4.31 Å². The molecule has 1 saturated heterocycles. The predicted octanol–water partition coefficient (Wildman–Crippen LogP) is 3.83. The van der Waals surface area contributed by atoms with Gasteiger partial charge in [0.25, 0.3) is 5.91 Å². The highest BCUT2D eigenvalue weighted by atomic mass is 32.2. The Kier molecular flexibility index (Phi) is 6.50. The molecule has 0 radical (unpaired) electrons. The summed E-state index contributed by atoms with van der Waals surface area (Å²) in [5, 5.41) is 4.40. The number of aryl methyl sites for hydroxylation is 1. The molecular weight excluding hydrogens is 446 g/mol. The summed E-state index contributed by atoms with van der Waals surface area (Å²) >= 11 is 1.12. The van der Waals surface area contributed by atoms with Crippen LogP contribution >= 0.6 is 11.3 Å². The Hall–Kier alpha value is -2.88. The van der Waals surface area contributed by atoms with Gasteiger partial charge in [-0.3, -0.25) is 4.79 Å². The molecule has 1 aliphatic heterocycles. The van der Waals surface area contributed by atoms with Crippen molar-refractivity contribution in [2.45, 2.75) is 11.8 Å². The number of piperazine rings is 1. The fourth-order valence-electron chi connectivity index (χ4n) is 3.71. The summed E-state index contributed by atoms with van der Waals surface area (Å²) in [6, 6.07) is 16.6. The van der Waals surface area contributed by atoms with Crippen molar-refractivity contribution in [3.63, 3.8) is 0 Å². The number of carbonyl (C=O) groups is 1. The first kappa shape index (κ1) is 22.3. The van der Waals surface area contributed by atoms with E-state index >= 15 is 0 Å². The maximum Gasteiger partial charge on any atom is 0.267 e. The van der Waals surface area contributed by atoms with E-state index in [-0.39, 0.29) is 9.77 Å². The fourth-order valence-corrected chi connectivity index (χ4v) is 6.42. The first-order valence-corrected chi connectivity index (χ1v) is 12.5. The van der Waals surface area contributed by atoms with Crippen LogP contribution in [0.4, 0.5) is 11.4 Å². The molecule has 1 aliphatic rings. The summed E-state index contributed by atoms with van der Waals surface area (Å²) in [5.41, 5.74) is 2.80. The predicted molar refractivity (Wildman–Crippen MR) is 127 cm³/mol. The van der Waals surface area contributed by atoms with Gasteiger partial charge in [0.1, 0.15) is 15.5 Å². The van der Waals surface area contributed by atoms with Gasteiger partial charge in [0, 0.05) is 43.6 Å². The maximum absolute atomic E-state index is 13.3. The molecule has 0 saturated carbocycles. The third kappa shape index (κ3) is 4.64. The van der Waals surface area contributed by atoms with E-state index in [2.05, 4.69) is 16.3 Å². The molecule has 9 heteroatoms. The number of anilines is 2. The average molecular weight is 472 g/mol. The average Bonchev–Trinajstić information content (AvgIpc) is 3.30. The number of nitrogens with zero attached hydrogens (tertiary/aromatic N) is 2. The molecule has 2 aromatic carbocycles. The van der Waals surface area contributed by atoms with Crippen LogP contribution in [0.25, 0.3) is 0 Å². The van der Waals surface area contributed by atoms with Gasteiger partial charge in [-0.15, -0.1) is 11.3 Å². The largest absolute Gasteiger partial charge is 0.497 e. The van der Waals surface area contributed by atoms with Crippen LogP contribution in [0.5, 0.6) is 5.75 Å². The fraction of sp³-hybridized carbons (Fsp3) is 0.261. The lowest BCUT2D eigenvalue weighted by atomic mass is 10.2. The number of benzene rings is 2. The van der Waals surface area contributed by atoms with Crippen LogP contribution in [0.2, 0.25) is 0 Å². The van der Waals surface area contributed by atoms with Gasteiger partial charge in [0.05, 0.1) is 7.11 Å². The topological polar surface area (TPSA) is 78.9 Å². The van der Waals surface area contributed by atoms with E-state index in [0.29, 0.717) is 37.6 Å². The lowest BCUT2D eigenvalue weighted by Gasteiger charge is -2.35. The standard InChI is InChI=1S/C23H25N3O4S2/c1-17-5-3-7-19(15-17)25-10-12-26(13-11-25)32(28,29)21-9-14-31-22(21)23(27)24-18-6-4-8-20(16-18)30-2/h3-9,14-16H,10-13H2,1-2H3,(H,24,27). The van der Waals surface area contributed by atoms with E-state index in [9.17, 15) is 13.2 Å². The molecule has 0 unspecified atom stereocenters. The monoisotopic (exact) mass is 471 g/mol. The second-order valence-corrected chi connectivity index (χ2v) is 10.4. The van der Waals surface area contributed by atoms with E-state index in [1.54, 1.807) is 36.8 Å². The minimum absolute atomic E-state index is 0.0481. The first-order chi connectivity index (χ1) is 15.4. The molecular formula is C23H25N3O4S2. The molecule has 4 rings (SSSR count). The molecule has 0 bridgehead atoms. The Labute approximate surface area is 192 Å². The number of sulfonamides is 1. The van der Waals surface area contributed by atoms with E-state index < -0.39 is 15.9 Å². The summed E-state index contributed by atoms with van der Waals surface area (Å²) in [5.74, 6) is 0.151. The van der Waals surface area contributed by atoms with Crippen molar-refractivity contribution in [3.8, 4) is 5.75 Å². The van der Waals surface area contributed by atoms with Crippen LogP contribution in [-0.2, 0) is 10.0 Å². The normalized spacial score (nSPS) is 14.9. The number of rotatable bonds is 6. The lowest BCUT2D eigenvalue weighted by Crippen LogP contribution is -2.48. The molecule has 168 valence electrons. The smallest absolute Gasteiger partial charge is 0.267 e. The Bertz CT molecular complexity index is 1220. The third-order valence-corrected chi connectivity index (χ3v) is 8.37. The van der Waals surface area contributed by atoms with Crippen LogP contribution in [0, 0.1) is 6.92 Å². The molecule has 0 aliphatic carbocycles. The second-order valence-electron chi connectivity index (χ2n) is 7.53. The van der Waals surface area contributed by atoms with Crippen molar-refractivity contribution >= 4 is 38.6 Å². The molecule has 1 fully saturated rings. The Morgan fingerprint density at radius 2 is 1.78 bits per heavy atom. The van der Waals surface area contributed by atoms with Gasteiger partial charge in [-0.25, -0.2) is 8.42 Å². The minimum atomic E-state index is -3.78. The number of thiophene rings is 1. The van der Waals surface area contributed by atoms with E-state index in [1.165, 1.54) is 15.9 Å². The molecule has 0 atom stereocenters. The van der Waals surface area contributed by atoms with Gasteiger partial charge in [-0.1, -0.05) is 18.2 Å². The highest BCUT2D eigenvalue weighted by Crippen LogP contribution is 2.28. The summed E-state index contributed by atoms with van der Waals surface area (Å²) in [4.78, 5) is 15.3.